The van der Waals surface area contributed by atoms with Gasteiger partial charge in [0, 0.05) is 41.6 Å². The van der Waals surface area contributed by atoms with Gasteiger partial charge in [0.15, 0.2) is 0 Å². The van der Waals surface area contributed by atoms with E-state index in [1.54, 1.807) is 35.5 Å². The molecule has 0 bridgehead atoms. The molecule has 0 atom stereocenters. The minimum Gasteiger partial charge on any atom is -0.377 e. The van der Waals surface area contributed by atoms with E-state index in [-0.39, 0.29) is 5.91 Å². The molecule has 0 unspecified atom stereocenters. The number of hydrogen-bond acceptors (Lipinski definition) is 6. The summed E-state index contributed by atoms with van der Waals surface area (Å²) in [6.07, 6.45) is 0.963. The van der Waals surface area contributed by atoms with Gasteiger partial charge in [0.25, 0.3) is 0 Å². The fourth-order valence-electron chi connectivity index (χ4n) is 0.948. The molecule has 0 spiro atoms. The molecule has 0 aromatic rings. The van der Waals surface area contributed by atoms with Gasteiger partial charge in [0.1, 0.15) is 5.91 Å². The molecular formula is C9H26O5SSi2. The minimum atomic E-state index is -2.29. The first kappa shape index (κ1) is 19.9. The molecule has 0 aromatic heterocycles. The first-order valence-corrected chi connectivity index (χ1v) is 9.09. The van der Waals surface area contributed by atoms with E-state index in [0.29, 0.717) is 0 Å². The van der Waals surface area contributed by atoms with Gasteiger partial charge >= 0.3 is 8.80 Å². The van der Waals surface area contributed by atoms with E-state index in [1.807, 2.05) is 0 Å². The van der Waals surface area contributed by atoms with Crippen LogP contribution in [0.25, 0.3) is 0 Å². The molecule has 0 aliphatic heterocycles. The highest BCUT2D eigenvalue weighted by molar-refractivity contribution is 7.80. The van der Waals surface area contributed by atoms with Crippen LogP contribution in [0.2, 0.25) is 6.04 Å². The lowest BCUT2D eigenvalue weighted by molar-refractivity contribution is -0.0411. The Bertz CT molecular complexity index is 148. The van der Waals surface area contributed by atoms with Crippen LogP contribution in [-0.4, -0.2) is 66.3 Å². The number of rotatable bonds is 8. The highest BCUT2D eigenvalue weighted by atomic mass is 32.1. The molecule has 0 aliphatic rings. The third kappa shape index (κ3) is 10.2. The summed E-state index contributed by atoms with van der Waals surface area (Å²) in [6.45, 7) is 0. The summed E-state index contributed by atoms with van der Waals surface area (Å²) in [5.41, 5.74) is 0. The molecule has 0 rings (SSSR count). The number of hydrogen-bond donors (Lipinski definition) is 1. The van der Waals surface area contributed by atoms with Crippen LogP contribution in [-0.2, 0) is 22.8 Å². The van der Waals surface area contributed by atoms with Crippen LogP contribution in [0.15, 0.2) is 0 Å². The van der Waals surface area contributed by atoms with Crippen LogP contribution in [0.5, 0.6) is 0 Å². The molecule has 0 heterocycles. The Labute approximate surface area is 114 Å². The molecule has 17 heavy (non-hydrogen) atoms. The van der Waals surface area contributed by atoms with Crippen molar-refractivity contribution in [1.82, 2.24) is 0 Å². The van der Waals surface area contributed by atoms with Crippen molar-refractivity contribution in [3.05, 3.63) is 0 Å². The van der Waals surface area contributed by atoms with Crippen molar-refractivity contribution in [1.29, 1.82) is 0 Å². The quantitative estimate of drug-likeness (QED) is 0.392. The van der Waals surface area contributed by atoms with Crippen LogP contribution in [0.4, 0.5) is 0 Å². The Balaban J connectivity index is 0. The van der Waals surface area contributed by atoms with Gasteiger partial charge in [0.05, 0.1) is 10.2 Å². The summed E-state index contributed by atoms with van der Waals surface area (Å²) < 4.78 is 25.1. The van der Waals surface area contributed by atoms with E-state index in [2.05, 4.69) is 12.6 Å². The summed E-state index contributed by atoms with van der Waals surface area (Å²) in [6, 6.07) is 0.833. The smallest absolute Gasteiger partial charge is 0.377 e. The monoisotopic (exact) mass is 302 g/mol. The van der Waals surface area contributed by atoms with Crippen molar-refractivity contribution in [3.8, 4) is 0 Å². The Kier molecular flexibility index (Phi) is 15.3. The first-order chi connectivity index (χ1) is 8.05. The van der Waals surface area contributed by atoms with Crippen LogP contribution in [0.3, 0.4) is 0 Å². The van der Waals surface area contributed by atoms with E-state index in [1.165, 1.54) is 0 Å². The van der Waals surface area contributed by atoms with Gasteiger partial charge in [-0.1, -0.05) is 0 Å². The molecule has 0 aliphatic carbocycles. The van der Waals surface area contributed by atoms with Crippen molar-refractivity contribution >= 4 is 31.7 Å². The molecule has 0 saturated carbocycles. The lowest BCUT2D eigenvalue weighted by atomic mass is 10.6. The normalized spacial score (nSPS) is 11.5. The lowest BCUT2D eigenvalue weighted by Gasteiger charge is -2.23. The Morgan fingerprint density at radius 2 is 1.41 bits per heavy atom. The highest BCUT2D eigenvalue weighted by Crippen LogP contribution is 2.14. The third-order valence-corrected chi connectivity index (χ3v) is 6.33. The predicted octanol–water partition coefficient (Wildman–Crippen LogP) is 0.113. The van der Waals surface area contributed by atoms with Crippen LogP contribution in [0, 0.1) is 0 Å². The zero-order valence-electron chi connectivity index (χ0n) is 11.7. The zero-order chi connectivity index (χ0) is 13.7. The van der Waals surface area contributed by atoms with E-state index >= 15 is 0 Å². The van der Waals surface area contributed by atoms with E-state index < -0.39 is 8.80 Å². The Morgan fingerprint density at radius 1 is 1.00 bits per heavy atom. The van der Waals surface area contributed by atoms with Gasteiger partial charge in [-0.3, -0.25) is 0 Å². The average molecular weight is 303 g/mol. The zero-order valence-corrected chi connectivity index (χ0v) is 15.6. The maximum Gasteiger partial charge on any atom is 0.500 e. The third-order valence-electron chi connectivity index (χ3n) is 2.24. The molecule has 0 radical (unpaired) electrons. The average Bonchev–Trinajstić information content (AvgIpc) is 2.41. The van der Waals surface area contributed by atoms with E-state index in [0.717, 1.165) is 28.5 Å². The summed E-state index contributed by atoms with van der Waals surface area (Å²) in [7, 11) is 6.81. The van der Waals surface area contributed by atoms with Gasteiger partial charge in [-0.05, 0) is 12.2 Å². The predicted molar refractivity (Wildman–Crippen MR) is 77.8 cm³/mol. The highest BCUT2D eigenvalue weighted by Gasteiger charge is 2.36. The molecule has 0 fully saturated rings. The SMILES string of the molecule is COC([SiH3])OC.CO[Si](CCCS)(OC)OC. The van der Waals surface area contributed by atoms with Crippen molar-refractivity contribution in [2.24, 2.45) is 0 Å². The van der Waals surface area contributed by atoms with E-state index in [9.17, 15) is 0 Å². The van der Waals surface area contributed by atoms with Crippen molar-refractivity contribution < 1.29 is 22.8 Å². The van der Waals surface area contributed by atoms with Crippen LogP contribution >= 0.6 is 12.6 Å². The standard InChI is InChI=1S/C6H16O3SSi.C3H10O2Si/c1-7-11(8-2,9-3)6-4-5-10;1-4-3(6)5-2/h10H,4-6H2,1-3H3;3H,1-2,6H3. The van der Waals surface area contributed by atoms with Gasteiger partial charge in [0.2, 0.25) is 0 Å². The number of ether oxygens (including phenoxy) is 2. The maximum absolute atomic E-state index is 5.20. The lowest BCUT2D eigenvalue weighted by Crippen LogP contribution is -2.42. The number of methoxy groups -OCH3 is 2. The largest absolute Gasteiger partial charge is 0.500 e. The second-order valence-electron chi connectivity index (χ2n) is 3.16. The molecule has 0 saturated heterocycles. The molecular weight excluding hydrogens is 276 g/mol. The van der Waals surface area contributed by atoms with Crippen molar-refractivity contribution in [2.45, 2.75) is 18.4 Å². The summed E-state index contributed by atoms with van der Waals surface area (Å²) in [5.74, 6) is 0.912. The van der Waals surface area contributed by atoms with Gasteiger partial charge in [-0.2, -0.15) is 12.6 Å². The van der Waals surface area contributed by atoms with Crippen molar-refractivity contribution in [3.63, 3.8) is 0 Å². The van der Waals surface area contributed by atoms with Crippen LogP contribution < -0.4 is 0 Å². The molecule has 0 amide bonds. The van der Waals surface area contributed by atoms with Gasteiger partial charge in [-0.15, -0.1) is 0 Å². The summed E-state index contributed by atoms with van der Waals surface area (Å²) in [4.78, 5) is 0. The van der Waals surface area contributed by atoms with Crippen LogP contribution in [0.1, 0.15) is 6.42 Å². The summed E-state index contributed by atoms with van der Waals surface area (Å²) >= 11 is 4.10. The van der Waals surface area contributed by atoms with Gasteiger partial charge in [-0.25, -0.2) is 0 Å². The Hall–Kier alpha value is 0.584. The molecule has 5 nitrogen and oxygen atoms in total. The van der Waals surface area contributed by atoms with Gasteiger partial charge < -0.3 is 22.8 Å². The Morgan fingerprint density at radius 3 is 1.59 bits per heavy atom. The molecule has 106 valence electrons. The molecule has 8 heteroatoms. The second-order valence-corrected chi connectivity index (χ2v) is 7.64. The minimum absolute atomic E-state index is 0.0741. The first-order valence-electron chi connectivity index (χ1n) is 5.37. The number of thiol groups is 1. The molecule has 0 aromatic carbocycles. The second kappa shape index (κ2) is 13.0. The molecule has 0 N–H and O–H groups in total. The van der Waals surface area contributed by atoms with Crippen molar-refractivity contribution in [2.75, 3.05) is 41.3 Å². The fraction of sp³-hybridized carbons (Fsp3) is 1.00. The topological polar surface area (TPSA) is 46.2 Å². The fourth-order valence-corrected chi connectivity index (χ4v) is 3.13. The maximum atomic E-state index is 5.20. The van der Waals surface area contributed by atoms with E-state index in [4.69, 9.17) is 22.8 Å². The summed E-state index contributed by atoms with van der Waals surface area (Å²) in [5, 5.41) is 0.